The highest BCUT2D eigenvalue weighted by Gasteiger charge is 2.23. The lowest BCUT2D eigenvalue weighted by Crippen LogP contribution is -2.43. The Hall–Kier alpha value is -2.05. The van der Waals surface area contributed by atoms with E-state index in [-0.39, 0.29) is 12.3 Å². The number of alkyl carbamates (subject to hydrolysis) is 1. The van der Waals surface area contributed by atoms with Crippen LogP contribution in [-0.2, 0) is 14.3 Å². The Balaban J connectivity index is 4.11. The minimum atomic E-state index is -1.11. The highest BCUT2D eigenvalue weighted by molar-refractivity contribution is 5.92. The molecule has 0 aromatic heterocycles. The maximum Gasteiger partial charge on any atom is 0.408 e. The molecule has 0 aromatic rings. The number of carboxylic acids is 1. The summed E-state index contributed by atoms with van der Waals surface area (Å²) in [6.07, 6.45) is 0.662. The number of carboxylic acid groups (broad SMARTS) is 1. The third kappa shape index (κ3) is 9.79. The van der Waals surface area contributed by atoms with Gasteiger partial charge in [-0.2, -0.15) is 0 Å². The van der Waals surface area contributed by atoms with Crippen molar-refractivity contribution in [2.45, 2.75) is 58.6 Å². The van der Waals surface area contributed by atoms with Crippen LogP contribution < -0.4 is 10.6 Å². The largest absolute Gasteiger partial charge is 0.480 e. The van der Waals surface area contributed by atoms with Crippen molar-refractivity contribution in [3.8, 4) is 0 Å². The van der Waals surface area contributed by atoms with E-state index in [2.05, 4.69) is 17.2 Å². The van der Waals surface area contributed by atoms with E-state index in [9.17, 15) is 14.4 Å². The number of carbonyl (C=O) groups excluding carboxylic acids is 2. The summed E-state index contributed by atoms with van der Waals surface area (Å²) in [6, 6.07) is -1.01. The molecule has 1 atom stereocenters. The van der Waals surface area contributed by atoms with E-state index in [1.807, 2.05) is 0 Å². The second-order valence-corrected chi connectivity index (χ2v) is 6.07. The molecular weight excluding hydrogens is 288 g/mol. The van der Waals surface area contributed by atoms with Crippen LogP contribution in [0.25, 0.3) is 0 Å². The Morgan fingerprint density at radius 1 is 1.23 bits per heavy atom. The van der Waals surface area contributed by atoms with Gasteiger partial charge in [-0.3, -0.25) is 4.79 Å². The topological polar surface area (TPSA) is 105 Å². The third-order valence-corrected chi connectivity index (χ3v) is 2.58. The number of ether oxygens (including phenoxy) is 1. The van der Waals surface area contributed by atoms with Gasteiger partial charge in [0.2, 0.25) is 5.91 Å². The number of unbranched alkanes of at least 4 members (excludes halogenated alkanes) is 1. The predicted octanol–water partition coefficient (Wildman–Crippen LogP) is 1.83. The number of hydrogen-bond acceptors (Lipinski definition) is 4. The molecule has 0 saturated carbocycles. The number of carbonyl (C=O) groups is 3. The average Bonchev–Trinajstić information content (AvgIpc) is 2.33. The number of rotatable bonds is 8. The molecule has 0 spiro atoms. The van der Waals surface area contributed by atoms with Gasteiger partial charge in [0.15, 0.2) is 0 Å². The molecule has 0 aliphatic rings. The number of nitrogens with one attached hydrogen (secondary N) is 2. The van der Waals surface area contributed by atoms with Crippen molar-refractivity contribution < 1.29 is 24.2 Å². The standard InChI is InChI=1S/C15H26N2O5/c1-10(2)12(18)16-9-7-6-8-11(13(19)20)17-14(21)22-15(3,4)5/h11H,1,6-9H2,2-5H3,(H,16,18)(H,17,21)(H,19,20)/t11-/m0/s1. The normalized spacial score (nSPS) is 12.2. The number of hydrogen-bond donors (Lipinski definition) is 3. The first-order valence-corrected chi connectivity index (χ1v) is 7.19. The van der Waals surface area contributed by atoms with Gasteiger partial charge in [0.25, 0.3) is 0 Å². The van der Waals surface area contributed by atoms with Crippen molar-refractivity contribution >= 4 is 18.0 Å². The van der Waals surface area contributed by atoms with Crippen LogP contribution in [0.4, 0.5) is 4.79 Å². The molecule has 0 aliphatic carbocycles. The lowest BCUT2D eigenvalue weighted by atomic mass is 10.1. The quantitative estimate of drug-likeness (QED) is 0.468. The van der Waals surface area contributed by atoms with E-state index in [1.54, 1.807) is 27.7 Å². The molecule has 7 nitrogen and oxygen atoms in total. The van der Waals surface area contributed by atoms with Gasteiger partial charge in [0, 0.05) is 12.1 Å². The lowest BCUT2D eigenvalue weighted by Gasteiger charge is -2.22. The minimum Gasteiger partial charge on any atom is -0.480 e. The van der Waals surface area contributed by atoms with Gasteiger partial charge >= 0.3 is 12.1 Å². The fourth-order valence-corrected chi connectivity index (χ4v) is 1.53. The van der Waals surface area contributed by atoms with Crippen LogP contribution in [-0.4, -0.2) is 41.3 Å². The Bertz CT molecular complexity index is 426. The molecule has 0 radical (unpaired) electrons. The Kier molecular flexibility index (Phi) is 8.22. The van der Waals surface area contributed by atoms with E-state index in [1.165, 1.54) is 0 Å². The average molecular weight is 314 g/mol. The van der Waals surface area contributed by atoms with Crippen LogP contribution in [0.3, 0.4) is 0 Å². The summed E-state index contributed by atoms with van der Waals surface area (Å²) in [5.41, 5.74) is -0.255. The first kappa shape index (κ1) is 19.9. The zero-order valence-electron chi connectivity index (χ0n) is 13.7. The van der Waals surface area contributed by atoms with Gasteiger partial charge in [-0.25, -0.2) is 9.59 Å². The smallest absolute Gasteiger partial charge is 0.408 e. The van der Waals surface area contributed by atoms with Crippen LogP contribution in [0.5, 0.6) is 0 Å². The SMILES string of the molecule is C=C(C)C(=O)NCCCC[C@H](NC(=O)OC(C)(C)C)C(=O)O. The molecule has 2 amide bonds. The number of aliphatic carboxylic acids is 1. The highest BCUT2D eigenvalue weighted by atomic mass is 16.6. The molecule has 3 N–H and O–H groups in total. The fourth-order valence-electron chi connectivity index (χ4n) is 1.53. The monoisotopic (exact) mass is 314 g/mol. The van der Waals surface area contributed by atoms with Crippen molar-refractivity contribution in [1.29, 1.82) is 0 Å². The van der Waals surface area contributed by atoms with Gasteiger partial charge < -0.3 is 20.5 Å². The molecule has 22 heavy (non-hydrogen) atoms. The first-order valence-electron chi connectivity index (χ1n) is 7.19. The number of amides is 2. The van der Waals surface area contributed by atoms with Gasteiger partial charge in [-0.05, 0) is 47.0 Å². The van der Waals surface area contributed by atoms with Crippen molar-refractivity contribution in [2.24, 2.45) is 0 Å². The van der Waals surface area contributed by atoms with E-state index < -0.39 is 23.7 Å². The maximum atomic E-state index is 11.6. The van der Waals surface area contributed by atoms with E-state index in [0.717, 1.165) is 0 Å². The van der Waals surface area contributed by atoms with Crippen molar-refractivity contribution in [1.82, 2.24) is 10.6 Å². The van der Waals surface area contributed by atoms with Crippen LogP contribution in [0.15, 0.2) is 12.2 Å². The zero-order chi connectivity index (χ0) is 17.3. The molecular formula is C15H26N2O5. The van der Waals surface area contributed by atoms with Gasteiger partial charge in [-0.15, -0.1) is 0 Å². The third-order valence-electron chi connectivity index (χ3n) is 2.58. The molecule has 0 aromatic carbocycles. The summed E-state index contributed by atoms with van der Waals surface area (Å²) in [4.78, 5) is 33.9. The van der Waals surface area contributed by atoms with Crippen molar-refractivity contribution in [3.05, 3.63) is 12.2 Å². The van der Waals surface area contributed by atoms with E-state index in [0.29, 0.717) is 25.0 Å². The highest BCUT2D eigenvalue weighted by Crippen LogP contribution is 2.08. The molecule has 0 bridgehead atoms. The van der Waals surface area contributed by atoms with Crippen LogP contribution >= 0.6 is 0 Å². The second-order valence-electron chi connectivity index (χ2n) is 6.07. The molecule has 0 saturated heterocycles. The second kappa shape index (κ2) is 9.07. The molecule has 0 unspecified atom stereocenters. The molecule has 7 heteroatoms. The predicted molar refractivity (Wildman–Crippen MR) is 82.5 cm³/mol. The molecule has 0 aliphatic heterocycles. The summed E-state index contributed by atoms with van der Waals surface area (Å²) in [5, 5.41) is 14.1. The lowest BCUT2D eigenvalue weighted by molar-refractivity contribution is -0.139. The zero-order valence-corrected chi connectivity index (χ0v) is 13.7. The van der Waals surface area contributed by atoms with E-state index in [4.69, 9.17) is 9.84 Å². The van der Waals surface area contributed by atoms with Gasteiger partial charge in [0.1, 0.15) is 11.6 Å². The summed E-state index contributed by atoms with van der Waals surface area (Å²) < 4.78 is 5.02. The van der Waals surface area contributed by atoms with E-state index >= 15 is 0 Å². The Morgan fingerprint density at radius 2 is 1.82 bits per heavy atom. The van der Waals surface area contributed by atoms with Crippen molar-refractivity contribution in [3.63, 3.8) is 0 Å². The molecule has 0 fully saturated rings. The summed E-state index contributed by atoms with van der Waals surface area (Å²) >= 11 is 0. The minimum absolute atomic E-state index is 0.221. The molecule has 126 valence electrons. The maximum absolute atomic E-state index is 11.6. The summed E-state index contributed by atoms with van der Waals surface area (Å²) in [7, 11) is 0. The first-order chi connectivity index (χ1) is 10.0. The van der Waals surface area contributed by atoms with Crippen molar-refractivity contribution in [2.75, 3.05) is 6.54 Å². The van der Waals surface area contributed by atoms with Crippen LogP contribution in [0, 0.1) is 0 Å². The van der Waals surface area contributed by atoms with Gasteiger partial charge in [0.05, 0.1) is 0 Å². The summed E-state index contributed by atoms with van der Waals surface area (Å²) in [5.74, 6) is -1.33. The molecule has 0 rings (SSSR count). The van der Waals surface area contributed by atoms with Gasteiger partial charge in [-0.1, -0.05) is 6.58 Å². The summed E-state index contributed by atoms with van der Waals surface area (Å²) in [6.45, 7) is 10.7. The Morgan fingerprint density at radius 3 is 2.27 bits per heavy atom. The molecule has 0 heterocycles. The van der Waals surface area contributed by atoms with Crippen LogP contribution in [0.1, 0.15) is 47.0 Å². The Labute approximate surface area is 131 Å². The fraction of sp³-hybridized carbons (Fsp3) is 0.667. The van der Waals surface area contributed by atoms with Crippen LogP contribution in [0.2, 0.25) is 0 Å².